The number of hydrogen-bond donors (Lipinski definition) is 3. The predicted octanol–water partition coefficient (Wildman–Crippen LogP) is 1.72. The molecular weight excluding hydrogens is 362 g/mol. The van der Waals surface area contributed by atoms with Crippen molar-refractivity contribution in [3.05, 3.63) is 35.7 Å². The number of pyridine rings is 1. The Morgan fingerprint density at radius 1 is 1.29 bits per heavy atom. The summed E-state index contributed by atoms with van der Waals surface area (Å²) in [5.41, 5.74) is 2.31. The molecule has 3 N–H and O–H groups in total. The van der Waals surface area contributed by atoms with Crippen molar-refractivity contribution >= 4 is 18.0 Å². The third-order valence-electron chi connectivity index (χ3n) is 5.31. The molecule has 0 bridgehead atoms. The maximum atomic E-state index is 12.9. The first kappa shape index (κ1) is 20.4. The second kappa shape index (κ2) is 9.77. The zero-order valence-electron chi connectivity index (χ0n) is 15.9. The number of carbonyl (C=O) groups excluding carboxylic acids is 2. The van der Waals surface area contributed by atoms with Crippen LogP contribution < -0.4 is 10.8 Å². The van der Waals surface area contributed by atoms with Gasteiger partial charge >= 0.3 is 5.97 Å². The van der Waals surface area contributed by atoms with Crippen molar-refractivity contribution in [2.75, 3.05) is 13.2 Å². The Bertz CT molecular complexity index is 692. The molecule has 2 fully saturated rings. The zero-order valence-corrected chi connectivity index (χ0v) is 15.9. The normalized spacial score (nSPS) is 19.6. The van der Waals surface area contributed by atoms with Gasteiger partial charge in [-0.2, -0.15) is 0 Å². The molecule has 8 heteroatoms. The molecule has 0 spiro atoms. The van der Waals surface area contributed by atoms with Crippen LogP contribution in [0.1, 0.15) is 49.8 Å². The number of rotatable bonds is 7. The number of esters is 1. The van der Waals surface area contributed by atoms with Crippen molar-refractivity contribution in [3.8, 4) is 0 Å². The maximum Gasteiger partial charge on any atom is 0.326 e. The van der Waals surface area contributed by atoms with E-state index in [4.69, 9.17) is 14.7 Å². The average molecular weight is 389 g/mol. The highest BCUT2D eigenvalue weighted by Gasteiger charge is 2.42. The number of hydrogen-bond acceptors (Lipinski definition) is 7. The van der Waals surface area contributed by atoms with E-state index in [1.165, 1.54) is 11.6 Å². The fourth-order valence-corrected chi connectivity index (χ4v) is 3.55. The summed E-state index contributed by atoms with van der Waals surface area (Å²) in [6.07, 6.45) is 9.72. The highest BCUT2D eigenvalue weighted by atomic mass is 16.5. The predicted molar refractivity (Wildman–Crippen MR) is 101 cm³/mol. The zero-order chi connectivity index (χ0) is 19.8. The van der Waals surface area contributed by atoms with Gasteiger partial charge in [0.25, 0.3) is 5.91 Å². The molecule has 1 saturated heterocycles. The summed E-state index contributed by atoms with van der Waals surface area (Å²) in [5.74, 6) is -0.787. The molecule has 0 unspecified atom stereocenters. The van der Waals surface area contributed by atoms with Crippen LogP contribution in [0, 0.1) is 0 Å². The fourth-order valence-electron chi connectivity index (χ4n) is 3.55. The highest BCUT2D eigenvalue weighted by molar-refractivity contribution is 5.90. The van der Waals surface area contributed by atoms with E-state index in [9.17, 15) is 9.59 Å². The first-order valence-corrected chi connectivity index (χ1v) is 9.72. The molecule has 1 aliphatic heterocycles. The Hall–Kier alpha value is -2.29. The van der Waals surface area contributed by atoms with Gasteiger partial charge in [-0.25, -0.2) is 5.48 Å². The Kier molecular flexibility index (Phi) is 7.13. The number of carbonyl (C=O) groups is 2. The van der Waals surface area contributed by atoms with E-state index in [-0.39, 0.29) is 12.1 Å². The number of nitrogens with zero attached hydrogens (tertiary/aromatic N) is 1. The number of ether oxygens (including phenoxy) is 2. The smallest absolute Gasteiger partial charge is 0.326 e. The van der Waals surface area contributed by atoms with Gasteiger partial charge in [0.1, 0.15) is 11.6 Å². The average Bonchev–Trinajstić information content (AvgIpc) is 3.25. The third kappa shape index (κ3) is 5.37. The lowest BCUT2D eigenvalue weighted by atomic mass is 9.89. The molecule has 1 aromatic heterocycles. The van der Waals surface area contributed by atoms with E-state index in [1.807, 2.05) is 12.1 Å². The van der Waals surface area contributed by atoms with Crippen LogP contribution in [-0.2, 0) is 25.6 Å². The number of aromatic nitrogens is 1. The van der Waals surface area contributed by atoms with Gasteiger partial charge in [0, 0.05) is 32.0 Å². The van der Waals surface area contributed by atoms with Crippen LogP contribution in [0.2, 0.25) is 0 Å². The molecule has 1 amide bonds. The standard InChI is InChI=1S/C20H27N3O5/c24-18(23-26)8-6-15-5-7-16(21-13-15)14-22-20(9-11-27-12-10-20)19(25)28-17-3-1-2-4-17/h5-8,13,17,22,26H,1-4,9-12,14H2,(H,23,24)/b8-6+. The van der Waals surface area contributed by atoms with Crippen LogP contribution in [0.3, 0.4) is 0 Å². The summed E-state index contributed by atoms with van der Waals surface area (Å²) in [6.45, 7) is 1.48. The van der Waals surface area contributed by atoms with E-state index in [0.29, 0.717) is 32.6 Å². The van der Waals surface area contributed by atoms with Gasteiger partial charge in [0.05, 0.1) is 5.69 Å². The quantitative estimate of drug-likeness (QED) is 0.282. The minimum absolute atomic E-state index is 0.0364. The van der Waals surface area contributed by atoms with Gasteiger partial charge in [-0.1, -0.05) is 6.07 Å². The summed E-state index contributed by atoms with van der Waals surface area (Å²) in [5, 5.41) is 11.9. The van der Waals surface area contributed by atoms with E-state index in [0.717, 1.165) is 36.9 Å². The van der Waals surface area contributed by atoms with Crippen LogP contribution in [0.4, 0.5) is 0 Å². The Labute approximate surface area is 164 Å². The van der Waals surface area contributed by atoms with Gasteiger partial charge < -0.3 is 9.47 Å². The summed E-state index contributed by atoms with van der Waals surface area (Å²) in [6, 6.07) is 3.65. The Balaban J connectivity index is 1.60. The van der Waals surface area contributed by atoms with Gasteiger partial charge in [-0.05, 0) is 56.2 Å². The molecule has 0 atom stereocenters. The first-order valence-electron chi connectivity index (χ1n) is 9.72. The summed E-state index contributed by atoms with van der Waals surface area (Å²) < 4.78 is 11.2. The van der Waals surface area contributed by atoms with Gasteiger partial charge in [-0.3, -0.25) is 25.1 Å². The maximum absolute atomic E-state index is 12.9. The van der Waals surface area contributed by atoms with Crippen LogP contribution in [-0.4, -0.2) is 46.9 Å². The second-order valence-corrected chi connectivity index (χ2v) is 7.25. The summed E-state index contributed by atoms with van der Waals surface area (Å²) in [4.78, 5) is 28.3. The lowest BCUT2D eigenvalue weighted by Gasteiger charge is -2.36. The monoisotopic (exact) mass is 389 g/mol. The van der Waals surface area contributed by atoms with Crippen molar-refractivity contribution in [2.45, 2.75) is 56.7 Å². The largest absolute Gasteiger partial charge is 0.461 e. The van der Waals surface area contributed by atoms with E-state index in [1.54, 1.807) is 12.3 Å². The fraction of sp³-hybridized carbons (Fsp3) is 0.550. The number of hydroxylamine groups is 1. The topological polar surface area (TPSA) is 110 Å². The lowest BCUT2D eigenvalue weighted by molar-refractivity contribution is -0.161. The third-order valence-corrected chi connectivity index (χ3v) is 5.31. The van der Waals surface area contributed by atoms with Crippen LogP contribution in [0.25, 0.3) is 6.08 Å². The van der Waals surface area contributed by atoms with Crippen molar-refractivity contribution in [1.29, 1.82) is 0 Å². The van der Waals surface area contributed by atoms with Crippen molar-refractivity contribution in [3.63, 3.8) is 0 Å². The number of amides is 1. The minimum atomic E-state index is -0.736. The highest BCUT2D eigenvalue weighted by Crippen LogP contribution is 2.27. The van der Waals surface area contributed by atoms with E-state index >= 15 is 0 Å². The molecule has 1 saturated carbocycles. The molecular formula is C20H27N3O5. The SMILES string of the molecule is O=C(/C=C/c1ccc(CNC2(C(=O)OC3CCCC3)CCOCC2)nc1)NO. The molecule has 0 aromatic carbocycles. The molecule has 1 aromatic rings. The van der Waals surface area contributed by atoms with Gasteiger partial charge in [0.15, 0.2) is 0 Å². The van der Waals surface area contributed by atoms with Crippen LogP contribution >= 0.6 is 0 Å². The molecule has 2 heterocycles. The molecule has 2 aliphatic rings. The van der Waals surface area contributed by atoms with Crippen molar-refractivity contribution in [2.24, 2.45) is 0 Å². The number of nitrogens with one attached hydrogen (secondary N) is 2. The minimum Gasteiger partial charge on any atom is -0.461 e. The Morgan fingerprint density at radius 3 is 2.68 bits per heavy atom. The van der Waals surface area contributed by atoms with E-state index < -0.39 is 11.4 Å². The lowest BCUT2D eigenvalue weighted by Crippen LogP contribution is -2.56. The first-order chi connectivity index (χ1) is 13.6. The van der Waals surface area contributed by atoms with Crippen molar-refractivity contribution < 1.29 is 24.3 Å². The molecule has 8 nitrogen and oxygen atoms in total. The molecule has 1 aliphatic carbocycles. The van der Waals surface area contributed by atoms with E-state index in [2.05, 4.69) is 10.3 Å². The van der Waals surface area contributed by atoms with Gasteiger partial charge in [-0.15, -0.1) is 0 Å². The molecule has 152 valence electrons. The summed E-state index contributed by atoms with van der Waals surface area (Å²) >= 11 is 0. The molecule has 3 rings (SSSR count). The molecule has 0 radical (unpaired) electrons. The Morgan fingerprint density at radius 2 is 2.04 bits per heavy atom. The van der Waals surface area contributed by atoms with Crippen LogP contribution in [0.15, 0.2) is 24.4 Å². The van der Waals surface area contributed by atoms with Gasteiger partial charge in [0.2, 0.25) is 0 Å². The molecule has 28 heavy (non-hydrogen) atoms. The van der Waals surface area contributed by atoms with Crippen molar-refractivity contribution in [1.82, 2.24) is 15.8 Å². The van der Waals surface area contributed by atoms with Crippen LogP contribution in [0.5, 0.6) is 0 Å². The summed E-state index contributed by atoms with van der Waals surface area (Å²) in [7, 11) is 0. The second-order valence-electron chi connectivity index (χ2n) is 7.25.